The van der Waals surface area contributed by atoms with E-state index in [1.54, 1.807) is 18.5 Å². The van der Waals surface area contributed by atoms with E-state index in [0.29, 0.717) is 5.69 Å². The molecule has 5 heteroatoms. The molecule has 4 N–H and O–H groups in total. The molecule has 16 heavy (non-hydrogen) atoms. The third-order valence-corrected chi connectivity index (χ3v) is 2.10. The van der Waals surface area contributed by atoms with Gasteiger partial charge in [0.1, 0.15) is 5.82 Å². The van der Waals surface area contributed by atoms with Gasteiger partial charge in [-0.2, -0.15) is 0 Å². The van der Waals surface area contributed by atoms with Gasteiger partial charge in [-0.15, -0.1) is 0 Å². The van der Waals surface area contributed by atoms with Crippen molar-refractivity contribution in [3.05, 3.63) is 36.7 Å². The van der Waals surface area contributed by atoms with E-state index >= 15 is 0 Å². The molecule has 1 heterocycles. The number of aromatic nitrogens is 2. The van der Waals surface area contributed by atoms with Crippen LogP contribution in [0.4, 0.5) is 5.69 Å². The van der Waals surface area contributed by atoms with Crippen LogP contribution in [-0.2, 0) is 4.79 Å². The number of rotatable bonds is 3. The number of anilines is 1. The molecule has 82 valence electrons. The maximum absolute atomic E-state index is 11.1. The predicted molar refractivity (Wildman–Crippen MR) is 61.7 cm³/mol. The van der Waals surface area contributed by atoms with E-state index in [0.717, 1.165) is 11.4 Å². The maximum Gasteiger partial charge on any atom is 0.238 e. The number of nitrogens with two attached hydrogens (primary N) is 1. The molecule has 2 rings (SSSR count). The number of nitrogens with one attached hydrogen (secondary N) is 2. The molecule has 0 saturated carbocycles. The molecule has 0 atom stereocenters. The fraction of sp³-hybridized carbons (Fsp3) is 0.0909. The molecule has 5 nitrogen and oxygen atoms in total. The third kappa shape index (κ3) is 2.26. The number of carbonyl (C=O) groups is 1. The molecular formula is C11H12N4O. The number of H-pyrrole nitrogens is 1. The van der Waals surface area contributed by atoms with Crippen LogP contribution >= 0.6 is 0 Å². The highest BCUT2D eigenvalue weighted by molar-refractivity contribution is 5.92. The lowest BCUT2D eigenvalue weighted by molar-refractivity contribution is -0.114. The van der Waals surface area contributed by atoms with Gasteiger partial charge in [-0.05, 0) is 12.1 Å². The Labute approximate surface area is 92.7 Å². The standard InChI is InChI=1S/C11H12N4O/c12-7-10(16)15-9-3-1-2-8(6-9)11-13-4-5-14-11/h1-6H,7,12H2,(H,13,14)(H,15,16). The van der Waals surface area contributed by atoms with Gasteiger partial charge in [0.15, 0.2) is 0 Å². The Bertz CT molecular complexity index is 478. The number of benzene rings is 1. The van der Waals surface area contributed by atoms with Gasteiger partial charge in [-0.25, -0.2) is 4.98 Å². The van der Waals surface area contributed by atoms with E-state index < -0.39 is 0 Å². The molecule has 1 amide bonds. The minimum absolute atomic E-state index is 0.0228. The zero-order valence-electron chi connectivity index (χ0n) is 8.60. The van der Waals surface area contributed by atoms with E-state index in [2.05, 4.69) is 15.3 Å². The normalized spacial score (nSPS) is 10.1. The van der Waals surface area contributed by atoms with Crippen LogP contribution in [0.15, 0.2) is 36.7 Å². The summed E-state index contributed by atoms with van der Waals surface area (Å²) in [6.07, 6.45) is 3.43. The number of imidazole rings is 1. The van der Waals surface area contributed by atoms with Crippen molar-refractivity contribution in [2.45, 2.75) is 0 Å². The number of nitrogens with zero attached hydrogens (tertiary/aromatic N) is 1. The Hall–Kier alpha value is -2.14. The fourth-order valence-corrected chi connectivity index (χ4v) is 1.38. The summed E-state index contributed by atoms with van der Waals surface area (Å²) in [6, 6.07) is 7.41. The van der Waals surface area contributed by atoms with Crippen molar-refractivity contribution in [2.75, 3.05) is 11.9 Å². The van der Waals surface area contributed by atoms with Crippen LogP contribution in [0, 0.1) is 0 Å². The molecule has 0 bridgehead atoms. The zero-order valence-corrected chi connectivity index (χ0v) is 8.60. The summed E-state index contributed by atoms with van der Waals surface area (Å²) in [5, 5.41) is 2.69. The van der Waals surface area contributed by atoms with Crippen LogP contribution in [0.25, 0.3) is 11.4 Å². The summed E-state index contributed by atoms with van der Waals surface area (Å²) in [7, 11) is 0. The smallest absolute Gasteiger partial charge is 0.238 e. The molecule has 0 fully saturated rings. The second kappa shape index (κ2) is 4.59. The molecule has 0 spiro atoms. The Morgan fingerprint density at radius 1 is 1.50 bits per heavy atom. The molecule has 0 aliphatic carbocycles. The maximum atomic E-state index is 11.1. The monoisotopic (exact) mass is 216 g/mol. The lowest BCUT2D eigenvalue weighted by Gasteiger charge is -2.04. The van der Waals surface area contributed by atoms with Gasteiger partial charge in [-0.1, -0.05) is 12.1 Å². The van der Waals surface area contributed by atoms with Crippen LogP contribution in [-0.4, -0.2) is 22.4 Å². The summed E-state index contributed by atoms with van der Waals surface area (Å²) in [4.78, 5) is 18.3. The molecule has 0 aliphatic rings. The van der Waals surface area contributed by atoms with Crippen molar-refractivity contribution in [3.8, 4) is 11.4 Å². The van der Waals surface area contributed by atoms with Gasteiger partial charge in [0.25, 0.3) is 0 Å². The van der Waals surface area contributed by atoms with E-state index in [1.165, 1.54) is 0 Å². The quantitative estimate of drug-likeness (QED) is 0.714. The molecule has 0 unspecified atom stereocenters. The average Bonchev–Trinajstić information content (AvgIpc) is 2.83. The summed E-state index contributed by atoms with van der Waals surface area (Å²) in [5.74, 6) is 0.556. The lowest BCUT2D eigenvalue weighted by Crippen LogP contribution is -2.21. The number of carbonyl (C=O) groups excluding carboxylic acids is 1. The minimum Gasteiger partial charge on any atom is -0.345 e. The highest BCUT2D eigenvalue weighted by atomic mass is 16.1. The van der Waals surface area contributed by atoms with Crippen molar-refractivity contribution in [2.24, 2.45) is 5.73 Å². The van der Waals surface area contributed by atoms with E-state index in [4.69, 9.17) is 5.73 Å². The van der Waals surface area contributed by atoms with Crippen molar-refractivity contribution in [3.63, 3.8) is 0 Å². The highest BCUT2D eigenvalue weighted by Crippen LogP contribution is 2.18. The fourth-order valence-electron chi connectivity index (χ4n) is 1.38. The number of hydrogen-bond donors (Lipinski definition) is 3. The second-order valence-electron chi connectivity index (χ2n) is 3.27. The van der Waals surface area contributed by atoms with Gasteiger partial charge >= 0.3 is 0 Å². The first kappa shape index (κ1) is 10.4. The van der Waals surface area contributed by atoms with Crippen molar-refractivity contribution >= 4 is 11.6 Å². The van der Waals surface area contributed by atoms with Gasteiger partial charge in [0.05, 0.1) is 6.54 Å². The first-order chi connectivity index (χ1) is 7.79. The van der Waals surface area contributed by atoms with Crippen LogP contribution in [0.1, 0.15) is 0 Å². The third-order valence-electron chi connectivity index (χ3n) is 2.10. The number of hydrogen-bond acceptors (Lipinski definition) is 3. The Kier molecular flexibility index (Phi) is 2.98. The number of amides is 1. The summed E-state index contributed by atoms with van der Waals surface area (Å²) < 4.78 is 0. The molecule has 1 aromatic carbocycles. The summed E-state index contributed by atoms with van der Waals surface area (Å²) in [6.45, 7) is -0.0228. The zero-order chi connectivity index (χ0) is 11.4. The minimum atomic E-state index is -0.211. The van der Waals surface area contributed by atoms with Crippen LogP contribution in [0.5, 0.6) is 0 Å². The van der Waals surface area contributed by atoms with Crippen LogP contribution in [0.2, 0.25) is 0 Å². The van der Waals surface area contributed by atoms with Crippen LogP contribution in [0.3, 0.4) is 0 Å². The first-order valence-electron chi connectivity index (χ1n) is 4.89. The summed E-state index contributed by atoms with van der Waals surface area (Å²) >= 11 is 0. The van der Waals surface area contributed by atoms with E-state index in [1.807, 2.05) is 18.2 Å². The SMILES string of the molecule is NCC(=O)Nc1cccc(-c2ncc[nH]2)c1. The summed E-state index contributed by atoms with van der Waals surface area (Å²) in [5.41, 5.74) is 6.85. The highest BCUT2D eigenvalue weighted by Gasteiger charge is 2.02. The Balaban J connectivity index is 2.23. The topological polar surface area (TPSA) is 83.8 Å². The van der Waals surface area contributed by atoms with E-state index in [9.17, 15) is 4.79 Å². The van der Waals surface area contributed by atoms with Gasteiger partial charge in [0.2, 0.25) is 5.91 Å². The van der Waals surface area contributed by atoms with E-state index in [-0.39, 0.29) is 12.5 Å². The van der Waals surface area contributed by atoms with Gasteiger partial charge < -0.3 is 16.0 Å². The van der Waals surface area contributed by atoms with Gasteiger partial charge in [0, 0.05) is 23.6 Å². The molecule has 0 radical (unpaired) electrons. The average molecular weight is 216 g/mol. The lowest BCUT2D eigenvalue weighted by atomic mass is 10.2. The largest absolute Gasteiger partial charge is 0.345 e. The van der Waals surface area contributed by atoms with Crippen molar-refractivity contribution in [1.82, 2.24) is 9.97 Å². The predicted octanol–water partition coefficient (Wildman–Crippen LogP) is 0.974. The number of aromatic amines is 1. The van der Waals surface area contributed by atoms with Gasteiger partial charge in [-0.3, -0.25) is 4.79 Å². The molecule has 0 saturated heterocycles. The molecule has 0 aliphatic heterocycles. The molecule has 1 aromatic heterocycles. The van der Waals surface area contributed by atoms with Crippen molar-refractivity contribution in [1.29, 1.82) is 0 Å². The Morgan fingerprint density at radius 2 is 2.38 bits per heavy atom. The van der Waals surface area contributed by atoms with Crippen LogP contribution < -0.4 is 11.1 Å². The first-order valence-corrected chi connectivity index (χ1v) is 4.89. The van der Waals surface area contributed by atoms with Crippen molar-refractivity contribution < 1.29 is 4.79 Å². The molecule has 2 aromatic rings. The Morgan fingerprint density at radius 3 is 3.06 bits per heavy atom. The molecular weight excluding hydrogens is 204 g/mol. The second-order valence-corrected chi connectivity index (χ2v) is 3.27.